The lowest BCUT2D eigenvalue weighted by Gasteiger charge is -2.07. The highest BCUT2D eigenvalue weighted by molar-refractivity contribution is 7.99. The van der Waals surface area contributed by atoms with Crippen LogP contribution in [-0.2, 0) is 6.54 Å². The Bertz CT molecular complexity index is 919. The molecule has 1 aromatic carbocycles. The third kappa shape index (κ3) is 3.20. The van der Waals surface area contributed by atoms with E-state index in [1.165, 1.54) is 19.5 Å². The number of amides is 1. The molecule has 3 heterocycles. The van der Waals surface area contributed by atoms with E-state index in [1.807, 2.05) is 30.5 Å². The van der Waals surface area contributed by atoms with Gasteiger partial charge in [0.15, 0.2) is 5.16 Å². The molecule has 1 amide bonds. The number of methoxy groups -OCH3 is 1. The normalized spacial score (nSPS) is 12.7. The first kappa shape index (κ1) is 15.6. The third-order valence-electron chi connectivity index (χ3n) is 3.80. The van der Waals surface area contributed by atoms with Crippen molar-refractivity contribution in [3.05, 3.63) is 48.5 Å². The van der Waals surface area contributed by atoms with Gasteiger partial charge in [-0.15, -0.1) is 0 Å². The van der Waals surface area contributed by atoms with Crippen LogP contribution < -0.4 is 10.1 Å². The number of aromatic nitrogens is 4. The van der Waals surface area contributed by atoms with Crippen LogP contribution in [0.1, 0.15) is 10.5 Å². The average Bonchev–Trinajstić information content (AvgIpc) is 3.24. The van der Waals surface area contributed by atoms with Gasteiger partial charge in [-0.25, -0.2) is 15.0 Å². The second-order valence-electron chi connectivity index (χ2n) is 5.43. The first-order chi connectivity index (χ1) is 12.2. The second kappa shape index (κ2) is 6.56. The van der Waals surface area contributed by atoms with Crippen LogP contribution in [0.3, 0.4) is 0 Å². The van der Waals surface area contributed by atoms with Gasteiger partial charge in [0.2, 0.25) is 5.88 Å². The van der Waals surface area contributed by atoms with Crippen molar-refractivity contribution in [3.8, 4) is 17.1 Å². The quantitative estimate of drug-likeness (QED) is 0.777. The lowest BCUT2D eigenvalue weighted by Crippen LogP contribution is -2.14. The number of rotatable bonds is 4. The molecule has 25 heavy (non-hydrogen) atoms. The molecule has 0 unspecified atom stereocenters. The number of hydrogen-bond donors (Lipinski definition) is 1. The summed E-state index contributed by atoms with van der Waals surface area (Å²) in [5.74, 6) is 1.10. The number of benzene rings is 1. The van der Waals surface area contributed by atoms with Crippen LogP contribution in [-0.4, -0.2) is 38.3 Å². The Morgan fingerprint density at radius 1 is 1.32 bits per heavy atom. The maximum atomic E-state index is 12.4. The van der Waals surface area contributed by atoms with Gasteiger partial charge in [-0.3, -0.25) is 4.79 Å². The summed E-state index contributed by atoms with van der Waals surface area (Å²) in [7, 11) is 1.49. The standard InChI is InChI=1S/C17H15N5O2S/c1-24-15-8-13(18-10-19-15)16(23)20-12-4-2-3-11(7-12)14-9-22-5-6-25-17(22)21-14/h2-4,7-10H,5-6H2,1H3,(H,20,23). The van der Waals surface area contributed by atoms with Gasteiger partial charge in [0.1, 0.15) is 12.0 Å². The number of hydrogen-bond acceptors (Lipinski definition) is 6. The number of fused-ring (bicyclic) bond motifs is 1. The van der Waals surface area contributed by atoms with E-state index < -0.39 is 0 Å². The molecule has 0 bridgehead atoms. The fourth-order valence-electron chi connectivity index (χ4n) is 2.58. The van der Waals surface area contributed by atoms with Gasteiger partial charge in [0, 0.05) is 35.8 Å². The zero-order valence-electron chi connectivity index (χ0n) is 13.5. The van der Waals surface area contributed by atoms with E-state index in [1.54, 1.807) is 11.8 Å². The van der Waals surface area contributed by atoms with Gasteiger partial charge in [-0.05, 0) is 12.1 Å². The van der Waals surface area contributed by atoms with Crippen molar-refractivity contribution in [2.75, 3.05) is 18.2 Å². The Hall–Kier alpha value is -2.87. The Labute approximate surface area is 148 Å². The molecule has 0 aliphatic carbocycles. The van der Waals surface area contributed by atoms with Crippen molar-refractivity contribution in [2.45, 2.75) is 11.7 Å². The highest BCUT2D eigenvalue weighted by Crippen LogP contribution is 2.29. The summed E-state index contributed by atoms with van der Waals surface area (Å²) in [5.41, 5.74) is 2.79. The highest BCUT2D eigenvalue weighted by Gasteiger charge is 2.16. The molecule has 1 aliphatic heterocycles. The van der Waals surface area contributed by atoms with E-state index in [2.05, 4.69) is 24.8 Å². The summed E-state index contributed by atoms with van der Waals surface area (Å²) in [5, 5.41) is 3.88. The Kier molecular flexibility index (Phi) is 4.10. The van der Waals surface area contributed by atoms with Crippen molar-refractivity contribution in [2.24, 2.45) is 0 Å². The topological polar surface area (TPSA) is 81.9 Å². The van der Waals surface area contributed by atoms with Crippen molar-refractivity contribution in [1.82, 2.24) is 19.5 Å². The van der Waals surface area contributed by atoms with Gasteiger partial charge >= 0.3 is 0 Å². The molecule has 0 fully saturated rings. The smallest absolute Gasteiger partial charge is 0.274 e. The largest absolute Gasteiger partial charge is 0.481 e. The molecule has 2 aromatic heterocycles. The molecule has 0 saturated carbocycles. The van der Waals surface area contributed by atoms with Crippen LogP contribution >= 0.6 is 11.8 Å². The maximum Gasteiger partial charge on any atom is 0.274 e. The first-order valence-corrected chi connectivity index (χ1v) is 8.69. The minimum Gasteiger partial charge on any atom is -0.481 e. The summed E-state index contributed by atoms with van der Waals surface area (Å²) < 4.78 is 7.17. The van der Waals surface area contributed by atoms with Gasteiger partial charge in [0.25, 0.3) is 5.91 Å². The number of nitrogens with zero attached hydrogens (tertiary/aromatic N) is 4. The molecule has 0 radical (unpaired) electrons. The minimum atomic E-state index is -0.319. The molecule has 126 valence electrons. The summed E-state index contributed by atoms with van der Waals surface area (Å²) in [4.78, 5) is 24.9. The number of imidazole rings is 1. The lowest BCUT2D eigenvalue weighted by atomic mass is 10.1. The maximum absolute atomic E-state index is 12.4. The van der Waals surface area contributed by atoms with Crippen molar-refractivity contribution >= 4 is 23.4 Å². The molecule has 0 atom stereocenters. The van der Waals surface area contributed by atoms with Gasteiger partial charge in [0.05, 0.1) is 12.8 Å². The second-order valence-corrected chi connectivity index (χ2v) is 6.49. The fourth-order valence-corrected chi connectivity index (χ4v) is 3.52. The monoisotopic (exact) mass is 353 g/mol. The number of carbonyl (C=O) groups excluding carboxylic acids is 1. The van der Waals surface area contributed by atoms with Crippen molar-refractivity contribution < 1.29 is 9.53 Å². The first-order valence-electron chi connectivity index (χ1n) is 7.71. The van der Waals surface area contributed by atoms with Gasteiger partial charge in [-0.2, -0.15) is 0 Å². The van der Waals surface area contributed by atoms with Crippen LogP contribution in [0, 0.1) is 0 Å². The summed E-state index contributed by atoms with van der Waals surface area (Å²) in [6.45, 7) is 0.985. The molecule has 4 rings (SSSR count). The summed E-state index contributed by atoms with van der Waals surface area (Å²) in [6.07, 6.45) is 3.35. The zero-order valence-corrected chi connectivity index (χ0v) is 14.3. The molecule has 3 aromatic rings. The van der Waals surface area contributed by atoms with Gasteiger partial charge in [-0.1, -0.05) is 23.9 Å². The third-order valence-corrected chi connectivity index (χ3v) is 4.77. The minimum absolute atomic E-state index is 0.245. The van der Waals surface area contributed by atoms with Crippen LogP contribution in [0.2, 0.25) is 0 Å². The summed E-state index contributed by atoms with van der Waals surface area (Å²) in [6, 6.07) is 9.10. The Balaban J connectivity index is 1.55. The van der Waals surface area contributed by atoms with E-state index in [0.717, 1.165) is 28.7 Å². The number of ether oxygens (including phenoxy) is 1. The Morgan fingerprint density at radius 3 is 3.08 bits per heavy atom. The van der Waals surface area contributed by atoms with Crippen molar-refractivity contribution in [3.63, 3.8) is 0 Å². The molecule has 1 aliphatic rings. The number of aryl methyl sites for hydroxylation is 1. The average molecular weight is 353 g/mol. The van der Waals surface area contributed by atoms with E-state index in [9.17, 15) is 4.79 Å². The molecule has 0 saturated heterocycles. The molecular formula is C17H15N5O2S. The van der Waals surface area contributed by atoms with E-state index in [4.69, 9.17) is 4.74 Å². The van der Waals surface area contributed by atoms with Crippen LogP contribution in [0.25, 0.3) is 11.3 Å². The Morgan fingerprint density at radius 2 is 2.24 bits per heavy atom. The number of nitrogens with one attached hydrogen (secondary N) is 1. The molecule has 8 heteroatoms. The predicted molar refractivity (Wildman–Crippen MR) is 94.9 cm³/mol. The van der Waals surface area contributed by atoms with E-state index in [-0.39, 0.29) is 11.6 Å². The zero-order chi connectivity index (χ0) is 17.2. The molecule has 0 spiro atoms. The fraction of sp³-hybridized carbons (Fsp3) is 0.176. The van der Waals surface area contributed by atoms with Gasteiger partial charge < -0.3 is 14.6 Å². The SMILES string of the molecule is COc1cc(C(=O)Nc2cccc(-c3cn4c(n3)SCC4)c2)ncn1. The highest BCUT2D eigenvalue weighted by atomic mass is 32.2. The van der Waals surface area contributed by atoms with E-state index >= 15 is 0 Å². The lowest BCUT2D eigenvalue weighted by molar-refractivity contribution is 0.102. The van der Waals surface area contributed by atoms with E-state index in [0.29, 0.717) is 11.6 Å². The number of anilines is 1. The molecule has 1 N–H and O–H groups in total. The summed E-state index contributed by atoms with van der Waals surface area (Å²) >= 11 is 1.76. The molecular weight excluding hydrogens is 338 g/mol. The van der Waals surface area contributed by atoms with Crippen molar-refractivity contribution in [1.29, 1.82) is 0 Å². The molecule has 7 nitrogen and oxygen atoms in total. The number of thioether (sulfide) groups is 1. The number of carbonyl (C=O) groups is 1. The van der Waals surface area contributed by atoms with Crippen LogP contribution in [0.15, 0.2) is 48.0 Å². The predicted octanol–water partition coefficient (Wildman–Crippen LogP) is 2.71. The van der Waals surface area contributed by atoms with Crippen LogP contribution in [0.4, 0.5) is 5.69 Å². The van der Waals surface area contributed by atoms with Crippen LogP contribution in [0.5, 0.6) is 5.88 Å².